The van der Waals surface area contributed by atoms with Gasteiger partial charge in [-0.25, -0.2) is 0 Å². The third-order valence-electron chi connectivity index (χ3n) is 4.28. The molecule has 3 nitrogen and oxygen atoms in total. The summed E-state index contributed by atoms with van der Waals surface area (Å²) in [4.78, 5) is 0. The first-order chi connectivity index (χ1) is 9.36. The first-order valence-corrected chi connectivity index (χ1v) is 7.40. The van der Waals surface area contributed by atoms with Gasteiger partial charge in [-0.05, 0) is 62.4 Å². The molecular formula is C16H23NO2. The third-order valence-corrected chi connectivity index (χ3v) is 4.28. The van der Waals surface area contributed by atoms with E-state index in [1.54, 1.807) is 0 Å². The van der Waals surface area contributed by atoms with Crippen LogP contribution in [0.15, 0.2) is 18.2 Å². The first-order valence-electron chi connectivity index (χ1n) is 7.40. The van der Waals surface area contributed by atoms with Gasteiger partial charge in [-0.1, -0.05) is 6.07 Å². The highest BCUT2D eigenvalue weighted by Crippen LogP contribution is 2.26. The van der Waals surface area contributed by atoms with Gasteiger partial charge in [0.05, 0.1) is 6.61 Å². The lowest BCUT2D eigenvalue weighted by molar-refractivity contribution is -0.0129. The molecule has 0 bridgehead atoms. The fraction of sp³-hybridized carbons (Fsp3) is 0.625. The van der Waals surface area contributed by atoms with Crippen molar-refractivity contribution in [1.82, 2.24) is 5.32 Å². The molecule has 0 amide bonds. The Balaban J connectivity index is 1.71. The summed E-state index contributed by atoms with van der Waals surface area (Å²) in [5, 5.41) is 3.33. The summed E-state index contributed by atoms with van der Waals surface area (Å²) in [6.07, 6.45) is 6.20. The smallest absolute Gasteiger partial charge is 0.137 e. The van der Waals surface area contributed by atoms with Crippen molar-refractivity contribution in [3.8, 4) is 5.75 Å². The molecule has 19 heavy (non-hydrogen) atoms. The standard InChI is InChI=1S/C16H23NO2/c1-17-15-8-9-18-11-16(15)19-14-7-6-12-4-2-3-5-13(12)10-14/h6-7,10,15-17H,2-5,8-9,11H2,1H3. The Morgan fingerprint density at radius 3 is 2.89 bits per heavy atom. The van der Waals surface area contributed by atoms with Crippen molar-refractivity contribution in [3.63, 3.8) is 0 Å². The third kappa shape index (κ3) is 2.93. The second-order valence-corrected chi connectivity index (χ2v) is 5.55. The summed E-state index contributed by atoms with van der Waals surface area (Å²) in [5.74, 6) is 0.997. The molecule has 1 aromatic carbocycles. The molecule has 2 unspecified atom stereocenters. The van der Waals surface area contributed by atoms with E-state index in [1.165, 1.54) is 36.8 Å². The minimum atomic E-state index is 0.125. The summed E-state index contributed by atoms with van der Waals surface area (Å²) in [5.41, 5.74) is 2.98. The topological polar surface area (TPSA) is 30.5 Å². The Morgan fingerprint density at radius 1 is 1.21 bits per heavy atom. The van der Waals surface area contributed by atoms with E-state index in [9.17, 15) is 0 Å². The maximum atomic E-state index is 6.14. The Bertz CT molecular complexity index is 433. The summed E-state index contributed by atoms with van der Waals surface area (Å²) < 4.78 is 11.7. The van der Waals surface area contributed by atoms with Gasteiger partial charge >= 0.3 is 0 Å². The van der Waals surface area contributed by atoms with Crippen molar-refractivity contribution in [1.29, 1.82) is 0 Å². The fourth-order valence-corrected chi connectivity index (χ4v) is 3.12. The van der Waals surface area contributed by atoms with Crippen molar-refractivity contribution in [3.05, 3.63) is 29.3 Å². The van der Waals surface area contributed by atoms with Crippen LogP contribution in [-0.2, 0) is 17.6 Å². The van der Waals surface area contributed by atoms with Crippen molar-refractivity contribution < 1.29 is 9.47 Å². The minimum absolute atomic E-state index is 0.125. The van der Waals surface area contributed by atoms with Crippen LogP contribution in [0.1, 0.15) is 30.4 Å². The molecule has 104 valence electrons. The van der Waals surface area contributed by atoms with Crippen LogP contribution < -0.4 is 10.1 Å². The van der Waals surface area contributed by atoms with E-state index in [4.69, 9.17) is 9.47 Å². The van der Waals surface area contributed by atoms with Gasteiger partial charge in [0.15, 0.2) is 0 Å². The van der Waals surface area contributed by atoms with E-state index in [-0.39, 0.29) is 6.10 Å². The van der Waals surface area contributed by atoms with E-state index in [0.29, 0.717) is 12.6 Å². The number of fused-ring (bicyclic) bond motifs is 1. The van der Waals surface area contributed by atoms with Crippen LogP contribution in [0.4, 0.5) is 0 Å². The Kier molecular flexibility index (Phi) is 4.04. The maximum absolute atomic E-state index is 6.14. The zero-order valence-corrected chi connectivity index (χ0v) is 11.7. The lowest BCUT2D eigenvalue weighted by Crippen LogP contribution is -2.48. The lowest BCUT2D eigenvalue weighted by atomic mass is 9.92. The molecule has 0 aromatic heterocycles. The van der Waals surface area contributed by atoms with Gasteiger partial charge in [-0.15, -0.1) is 0 Å². The molecule has 3 rings (SSSR count). The monoisotopic (exact) mass is 261 g/mol. The number of aryl methyl sites for hydroxylation is 2. The molecule has 2 atom stereocenters. The van der Waals surface area contributed by atoms with E-state index < -0.39 is 0 Å². The van der Waals surface area contributed by atoms with Crippen LogP contribution >= 0.6 is 0 Å². The summed E-state index contributed by atoms with van der Waals surface area (Å²) >= 11 is 0. The van der Waals surface area contributed by atoms with Gasteiger partial charge in [0.2, 0.25) is 0 Å². The van der Waals surface area contributed by atoms with Crippen molar-refractivity contribution >= 4 is 0 Å². The molecule has 0 saturated carbocycles. The molecule has 1 N–H and O–H groups in total. The molecule has 1 fully saturated rings. The predicted molar refractivity (Wildman–Crippen MR) is 75.8 cm³/mol. The number of ether oxygens (including phenoxy) is 2. The van der Waals surface area contributed by atoms with E-state index in [1.807, 2.05) is 7.05 Å². The normalized spacial score (nSPS) is 26.8. The van der Waals surface area contributed by atoms with Crippen molar-refractivity contribution in [2.24, 2.45) is 0 Å². The highest BCUT2D eigenvalue weighted by molar-refractivity contribution is 5.37. The molecule has 1 saturated heterocycles. The molecule has 1 aromatic rings. The predicted octanol–water partition coefficient (Wildman–Crippen LogP) is 2.32. The van der Waals surface area contributed by atoms with Crippen LogP contribution in [0.3, 0.4) is 0 Å². The minimum Gasteiger partial charge on any atom is -0.486 e. The zero-order valence-electron chi connectivity index (χ0n) is 11.7. The molecule has 0 radical (unpaired) electrons. The Hall–Kier alpha value is -1.06. The fourth-order valence-electron chi connectivity index (χ4n) is 3.12. The average Bonchev–Trinajstić information content (AvgIpc) is 2.48. The summed E-state index contributed by atoms with van der Waals surface area (Å²) in [7, 11) is 2.00. The molecule has 1 heterocycles. The van der Waals surface area contributed by atoms with Gasteiger partial charge in [0, 0.05) is 12.6 Å². The van der Waals surface area contributed by atoms with Gasteiger partial charge in [0.25, 0.3) is 0 Å². The number of likely N-dealkylation sites (N-methyl/N-ethyl adjacent to an activating group) is 1. The zero-order chi connectivity index (χ0) is 13.1. The second kappa shape index (κ2) is 5.93. The number of hydrogen-bond donors (Lipinski definition) is 1. The van der Waals surface area contributed by atoms with Gasteiger partial charge in [0.1, 0.15) is 11.9 Å². The Morgan fingerprint density at radius 2 is 2.05 bits per heavy atom. The number of hydrogen-bond acceptors (Lipinski definition) is 3. The first kappa shape index (κ1) is 12.9. The summed E-state index contributed by atoms with van der Waals surface area (Å²) in [6.45, 7) is 1.51. The molecule has 1 aliphatic heterocycles. The molecule has 3 heteroatoms. The molecule has 1 aliphatic carbocycles. The van der Waals surface area contributed by atoms with Crippen molar-refractivity contribution in [2.75, 3.05) is 20.3 Å². The van der Waals surface area contributed by atoms with Crippen LogP contribution in [0.5, 0.6) is 5.75 Å². The number of benzene rings is 1. The molecule has 0 spiro atoms. The highest BCUT2D eigenvalue weighted by atomic mass is 16.5. The molecular weight excluding hydrogens is 238 g/mol. The van der Waals surface area contributed by atoms with Crippen molar-refractivity contribution in [2.45, 2.75) is 44.2 Å². The highest BCUT2D eigenvalue weighted by Gasteiger charge is 2.26. The molecule has 2 aliphatic rings. The van der Waals surface area contributed by atoms with Crippen LogP contribution in [0, 0.1) is 0 Å². The number of rotatable bonds is 3. The van der Waals surface area contributed by atoms with E-state index in [0.717, 1.165) is 18.8 Å². The van der Waals surface area contributed by atoms with Gasteiger partial charge < -0.3 is 14.8 Å². The van der Waals surface area contributed by atoms with E-state index in [2.05, 4.69) is 23.5 Å². The largest absolute Gasteiger partial charge is 0.486 e. The Labute approximate surface area is 115 Å². The van der Waals surface area contributed by atoms with Crippen LogP contribution in [0.2, 0.25) is 0 Å². The average molecular weight is 261 g/mol. The SMILES string of the molecule is CNC1CCOCC1Oc1ccc2c(c1)CCCC2. The van der Waals surface area contributed by atoms with Crippen LogP contribution in [0.25, 0.3) is 0 Å². The van der Waals surface area contributed by atoms with Crippen LogP contribution in [-0.4, -0.2) is 32.4 Å². The van der Waals surface area contributed by atoms with Gasteiger partial charge in [-0.2, -0.15) is 0 Å². The maximum Gasteiger partial charge on any atom is 0.137 e. The van der Waals surface area contributed by atoms with Gasteiger partial charge in [-0.3, -0.25) is 0 Å². The quantitative estimate of drug-likeness (QED) is 0.906. The second-order valence-electron chi connectivity index (χ2n) is 5.55. The van der Waals surface area contributed by atoms with E-state index >= 15 is 0 Å². The lowest BCUT2D eigenvalue weighted by Gasteiger charge is -2.32. The number of nitrogens with one attached hydrogen (secondary N) is 1. The summed E-state index contributed by atoms with van der Waals surface area (Å²) in [6, 6.07) is 6.98.